The Morgan fingerprint density at radius 3 is 2.79 bits per heavy atom. The number of aromatic nitrogens is 1. The smallest absolute Gasteiger partial charge is 0.270 e. The Morgan fingerprint density at radius 2 is 2.11 bits per heavy atom. The summed E-state index contributed by atoms with van der Waals surface area (Å²) in [5, 5.41) is 12.4. The molecule has 0 aliphatic heterocycles. The second-order valence-electron chi connectivity index (χ2n) is 5.00. The number of carbonyl (C=O) groups is 1. The standard InChI is InChI=1S/C14H15FN2O2/c1-14(2,8-18)17-13(19)11-7-6-9-4-3-5-10(15)12(9)16-11/h3-7,18H,8H2,1-2H3,(H,17,19). The van der Waals surface area contributed by atoms with Crippen LogP contribution in [0.5, 0.6) is 0 Å². The van der Waals surface area contributed by atoms with E-state index in [0.29, 0.717) is 5.39 Å². The molecule has 0 atom stereocenters. The molecule has 1 amide bonds. The monoisotopic (exact) mass is 262 g/mol. The number of nitrogens with one attached hydrogen (secondary N) is 1. The van der Waals surface area contributed by atoms with E-state index in [4.69, 9.17) is 5.11 Å². The number of hydrogen-bond donors (Lipinski definition) is 2. The Labute approximate surface area is 110 Å². The van der Waals surface area contributed by atoms with E-state index >= 15 is 0 Å². The van der Waals surface area contributed by atoms with Crippen LogP contribution in [0.1, 0.15) is 24.3 Å². The first kappa shape index (κ1) is 13.4. The van der Waals surface area contributed by atoms with E-state index in [9.17, 15) is 9.18 Å². The van der Waals surface area contributed by atoms with Gasteiger partial charge in [-0.2, -0.15) is 0 Å². The van der Waals surface area contributed by atoms with Crippen LogP contribution in [0.15, 0.2) is 30.3 Å². The molecule has 2 aromatic rings. The first-order valence-electron chi connectivity index (χ1n) is 5.91. The Hall–Kier alpha value is -2.01. The predicted molar refractivity (Wildman–Crippen MR) is 70.3 cm³/mol. The predicted octanol–water partition coefficient (Wildman–Crippen LogP) is 1.87. The Bertz CT molecular complexity index is 626. The molecule has 0 bridgehead atoms. The molecule has 1 aromatic carbocycles. The maximum absolute atomic E-state index is 13.6. The Kier molecular flexibility index (Phi) is 3.48. The molecule has 0 radical (unpaired) electrons. The number of hydrogen-bond acceptors (Lipinski definition) is 3. The summed E-state index contributed by atoms with van der Waals surface area (Å²) < 4.78 is 13.6. The summed E-state index contributed by atoms with van der Waals surface area (Å²) in [7, 11) is 0. The molecule has 4 nitrogen and oxygen atoms in total. The minimum Gasteiger partial charge on any atom is -0.394 e. The zero-order valence-electron chi connectivity index (χ0n) is 10.8. The van der Waals surface area contributed by atoms with Gasteiger partial charge in [-0.15, -0.1) is 0 Å². The third-order valence-corrected chi connectivity index (χ3v) is 2.75. The molecular weight excluding hydrogens is 247 g/mol. The number of fused-ring (bicyclic) bond motifs is 1. The number of benzene rings is 1. The lowest BCUT2D eigenvalue weighted by molar-refractivity contribution is 0.0864. The molecule has 0 saturated heterocycles. The lowest BCUT2D eigenvalue weighted by Gasteiger charge is -2.23. The van der Waals surface area contributed by atoms with Crippen molar-refractivity contribution in [3.05, 3.63) is 41.8 Å². The minimum atomic E-state index is -0.747. The zero-order chi connectivity index (χ0) is 14.0. The summed E-state index contributed by atoms with van der Waals surface area (Å²) in [4.78, 5) is 16.0. The van der Waals surface area contributed by atoms with Gasteiger partial charge in [0.2, 0.25) is 0 Å². The number of aliphatic hydroxyl groups excluding tert-OH is 1. The van der Waals surface area contributed by atoms with Crippen molar-refractivity contribution < 1.29 is 14.3 Å². The molecule has 0 aliphatic rings. The van der Waals surface area contributed by atoms with Gasteiger partial charge in [-0.1, -0.05) is 18.2 Å². The van der Waals surface area contributed by atoms with E-state index in [1.807, 2.05) is 0 Å². The molecule has 2 N–H and O–H groups in total. The SMILES string of the molecule is CC(C)(CO)NC(=O)c1ccc2cccc(F)c2n1. The van der Waals surface area contributed by atoms with Crippen molar-refractivity contribution in [3.8, 4) is 0 Å². The normalized spacial score (nSPS) is 11.6. The van der Waals surface area contributed by atoms with Crippen LogP contribution in [-0.4, -0.2) is 28.1 Å². The average Bonchev–Trinajstić information content (AvgIpc) is 2.38. The summed E-state index contributed by atoms with van der Waals surface area (Å²) in [5.74, 6) is -0.905. The highest BCUT2D eigenvalue weighted by Gasteiger charge is 2.21. The van der Waals surface area contributed by atoms with Crippen LogP contribution in [0, 0.1) is 5.82 Å². The quantitative estimate of drug-likeness (QED) is 0.887. The molecule has 1 aromatic heterocycles. The van der Waals surface area contributed by atoms with Crippen molar-refractivity contribution in [2.45, 2.75) is 19.4 Å². The molecule has 19 heavy (non-hydrogen) atoms. The number of amides is 1. The molecular formula is C14H15FN2O2. The van der Waals surface area contributed by atoms with Gasteiger partial charge in [-0.05, 0) is 26.0 Å². The van der Waals surface area contributed by atoms with Gasteiger partial charge in [0.1, 0.15) is 17.0 Å². The van der Waals surface area contributed by atoms with E-state index in [-0.39, 0.29) is 17.8 Å². The molecule has 2 rings (SSSR count). The number of carbonyl (C=O) groups excluding carboxylic acids is 1. The van der Waals surface area contributed by atoms with Crippen LogP contribution in [0.25, 0.3) is 10.9 Å². The lowest BCUT2D eigenvalue weighted by Crippen LogP contribution is -2.46. The third-order valence-electron chi connectivity index (χ3n) is 2.75. The van der Waals surface area contributed by atoms with Crippen molar-refractivity contribution in [2.24, 2.45) is 0 Å². The highest BCUT2D eigenvalue weighted by atomic mass is 19.1. The van der Waals surface area contributed by atoms with Crippen molar-refractivity contribution in [1.29, 1.82) is 0 Å². The first-order chi connectivity index (χ1) is 8.93. The average molecular weight is 262 g/mol. The van der Waals surface area contributed by atoms with Gasteiger partial charge in [0.05, 0.1) is 12.1 Å². The van der Waals surface area contributed by atoms with E-state index in [1.165, 1.54) is 12.1 Å². The number of nitrogens with zero attached hydrogens (tertiary/aromatic N) is 1. The number of aliphatic hydroxyl groups is 1. The fourth-order valence-electron chi connectivity index (χ4n) is 1.65. The number of rotatable bonds is 3. The van der Waals surface area contributed by atoms with E-state index < -0.39 is 17.3 Å². The third kappa shape index (κ3) is 2.88. The summed E-state index contributed by atoms with van der Waals surface area (Å²) >= 11 is 0. The molecule has 0 aliphatic carbocycles. The molecule has 100 valence electrons. The van der Waals surface area contributed by atoms with Crippen molar-refractivity contribution in [2.75, 3.05) is 6.61 Å². The van der Waals surface area contributed by atoms with E-state index in [1.54, 1.807) is 32.0 Å². The van der Waals surface area contributed by atoms with Crippen molar-refractivity contribution in [3.63, 3.8) is 0 Å². The van der Waals surface area contributed by atoms with Crippen molar-refractivity contribution >= 4 is 16.8 Å². The topological polar surface area (TPSA) is 62.2 Å². The molecule has 0 unspecified atom stereocenters. The van der Waals surface area contributed by atoms with Crippen LogP contribution >= 0.6 is 0 Å². The molecule has 0 saturated carbocycles. The lowest BCUT2D eigenvalue weighted by atomic mass is 10.1. The second-order valence-corrected chi connectivity index (χ2v) is 5.00. The summed E-state index contributed by atoms with van der Waals surface area (Å²) in [6.07, 6.45) is 0. The van der Waals surface area contributed by atoms with E-state index in [0.717, 1.165) is 0 Å². The molecule has 0 spiro atoms. The zero-order valence-corrected chi connectivity index (χ0v) is 10.8. The van der Waals surface area contributed by atoms with Crippen LogP contribution in [0.4, 0.5) is 4.39 Å². The highest BCUT2D eigenvalue weighted by Crippen LogP contribution is 2.16. The summed E-state index contributed by atoms with van der Waals surface area (Å²) in [6, 6.07) is 7.80. The van der Waals surface area contributed by atoms with E-state index in [2.05, 4.69) is 10.3 Å². The van der Waals surface area contributed by atoms with Gasteiger partial charge in [0.15, 0.2) is 0 Å². The maximum atomic E-state index is 13.6. The maximum Gasteiger partial charge on any atom is 0.270 e. The Morgan fingerprint density at radius 1 is 1.37 bits per heavy atom. The van der Waals surface area contributed by atoms with Gasteiger partial charge in [0.25, 0.3) is 5.91 Å². The summed E-state index contributed by atoms with van der Waals surface area (Å²) in [5.41, 5.74) is -0.459. The van der Waals surface area contributed by atoms with Gasteiger partial charge >= 0.3 is 0 Å². The van der Waals surface area contributed by atoms with Gasteiger partial charge in [0, 0.05) is 5.39 Å². The largest absolute Gasteiger partial charge is 0.394 e. The highest BCUT2D eigenvalue weighted by molar-refractivity contribution is 5.95. The Balaban J connectivity index is 2.36. The summed E-state index contributed by atoms with van der Waals surface area (Å²) in [6.45, 7) is 3.18. The second kappa shape index (κ2) is 4.93. The number of para-hydroxylation sites is 1. The molecule has 0 fully saturated rings. The van der Waals surface area contributed by atoms with Gasteiger partial charge in [-0.25, -0.2) is 9.37 Å². The van der Waals surface area contributed by atoms with Crippen molar-refractivity contribution in [1.82, 2.24) is 10.3 Å². The fourth-order valence-corrected chi connectivity index (χ4v) is 1.65. The van der Waals surface area contributed by atoms with Crippen LogP contribution < -0.4 is 5.32 Å². The number of pyridine rings is 1. The minimum absolute atomic E-state index is 0.124. The fraction of sp³-hybridized carbons (Fsp3) is 0.286. The molecule has 1 heterocycles. The van der Waals surface area contributed by atoms with Crippen LogP contribution in [0.3, 0.4) is 0 Å². The van der Waals surface area contributed by atoms with Crippen LogP contribution in [-0.2, 0) is 0 Å². The number of halogens is 1. The van der Waals surface area contributed by atoms with Gasteiger partial charge in [-0.3, -0.25) is 4.79 Å². The molecule has 5 heteroatoms. The van der Waals surface area contributed by atoms with Gasteiger partial charge < -0.3 is 10.4 Å². The van der Waals surface area contributed by atoms with Crippen LogP contribution in [0.2, 0.25) is 0 Å². The first-order valence-corrected chi connectivity index (χ1v) is 5.91.